The van der Waals surface area contributed by atoms with Crippen molar-refractivity contribution >= 4 is 5.91 Å². The standard InChI is InChI=1S/C14H17FN2O/c15-10-4-5-11-9(8-10)3-6-12(11)17-14(18)13-2-1-7-16-13/h4-5,8,12-13,16H,1-3,6-7H2,(H,17,18). The van der Waals surface area contributed by atoms with Crippen LogP contribution in [0.1, 0.15) is 36.4 Å². The summed E-state index contributed by atoms with van der Waals surface area (Å²) in [7, 11) is 0. The van der Waals surface area contributed by atoms with Crippen molar-refractivity contribution in [3.63, 3.8) is 0 Å². The summed E-state index contributed by atoms with van der Waals surface area (Å²) < 4.78 is 13.1. The predicted molar refractivity (Wildman–Crippen MR) is 66.6 cm³/mol. The van der Waals surface area contributed by atoms with Gasteiger partial charge in [-0.15, -0.1) is 0 Å². The van der Waals surface area contributed by atoms with Gasteiger partial charge in [-0.1, -0.05) is 6.07 Å². The number of carbonyl (C=O) groups excluding carboxylic acids is 1. The lowest BCUT2D eigenvalue weighted by Gasteiger charge is -2.17. The van der Waals surface area contributed by atoms with Crippen LogP contribution in [-0.2, 0) is 11.2 Å². The number of carbonyl (C=O) groups is 1. The Balaban J connectivity index is 1.70. The van der Waals surface area contributed by atoms with Gasteiger partial charge in [0.2, 0.25) is 5.91 Å². The van der Waals surface area contributed by atoms with E-state index in [4.69, 9.17) is 0 Å². The number of hydrogen-bond acceptors (Lipinski definition) is 2. The van der Waals surface area contributed by atoms with Crippen molar-refractivity contribution < 1.29 is 9.18 Å². The van der Waals surface area contributed by atoms with Crippen LogP contribution in [0.3, 0.4) is 0 Å². The molecule has 0 saturated carbocycles. The maximum Gasteiger partial charge on any atom is 0.237 e. The van der Waals surface area contributed by atoms with Crippen molar-refractivity contribution in [2.75, 3.05) is 6.54 Å². The fourth-order valence-corrected chi connectivity index (χ4v) is 2.92. The molecule has 1 aliphatic carbocycles. The molecule has 1 fully saturated rings. The lowest BCUT2D eigenvalue weighted by Crippen LogP contribution is -2.41. The van der Waals surface area contributed by atoms with Crippen molar-refractivity contribution in [2.24, 2.45) is 0 Å². The zero-order valence-electron chi connectivity index (χ0n) is 10.2. The summed E-state index contributed by atoms with van der Waals surface area (Å²) in [5, 5.41) is 6.26. The normalized spacial score (nSPS) is 26.1. The van der Waals surface area contributed by atoms with E-state index in [-0.39, 0.29) is 23.8 Å². The fourth-order valence-electron chi connectivity index (χ4n) is 2.92. The van der Waals surface area contributed by atoms with Crippen LogP contribution >= 0.6 is 0 Å². The van der Waals surface area contributed by atoms with Crippen molar-refractivity contribution in [3.8, 4) is 0 Å². The molecule has 2 aliphatic rings. The smallest absolute Gasteiger partial charge is 0.237 e. The average molecular weight is 248 g/mol. The van der Waals surface area contributed by atoms with Crippen LogP contribution in [0, 0.1) is 5.82 Å². The molecule has 18 heavy (non-hydrogen) atoms. The zero-order valence-corrected chi connectivity index (χ0v) is 10.2. The highest BCUT2D eigenvalue weighted by Gasteiger charge is 2.28. The molecule has 2 unspecified atom stereocenters. The first-order valence-electron chi connectivity index (χ1n) is 6.56. The quantitative estimate of drug-likeness (QED) is 0.836. The molecule has 1 heterocycles. The van der Waals surface area contributed by atoms with Crippen LogP contribution in [0.2, 0.25) is 0 Å². The molecule has 1 amide bonds. The van der Waals surface area contributed by atoms with E-state index in [2.05, 4.69) is 10.6 Å². The Kier molecular flexibility index (Phi) is 3.04. The Morgan fingerprint density at radius 1 is 1.39 bits per heavy atom. The molecular weight excluding hydrogens is 231 g/mol. The molecule has 0 radical (unpaired) electrons. The topological polar surface area (TPSA) is 41.1 Å². The largest absolute Gasteiger partial charge is 0.348 e. The number of fused-ring (bicyclic) bond motifs is 1. The van der Waals surface area contributed by atoms with E-state index in [1.165, 1.54) is 6.07 Å². The second-order valence-electron chi connectivity index (χ2n) is 5.09. The number of nitrogens with one attached hydrogen (secondary N) is 2. The third-order valence-electron chi connectivity index (χ3n) is 3.88. The maximum atomic E-state index is 13.1. The fraction of sp³-hybridized carbons (Fsp3) is 0.500. The van der Waals surface area contributed by atoms with E-state index in [0.717, 1.165) is 43.4 Å². The molecule has 0 spiro atoms. The van der Waals surface area contributed by atoms with Gasteiger partial charge in [0.05, 0.1) is 12.1 Å². The van der Waals surface area contributed by atoms with Gasteiger partial charge in [-0.3, -0.25) is 4.79 Å². The Bertz CT molecular complexity index is 469. The third kappa shape index (κ3) is 2.12. The van der Waals surface area contributed by atoms with Gasteiger partial charge in [0, 0.05) is 0 Å². The van der Waals surface area contributed by atoms with Crippen LogP contribution in [-0.4, -0.2) is 18.5 Å². The van der Waals surface area contributed by atoms with E-state index in [0.29, 0.717) is 0 Å². The first-order chi connectivity index (χ1) is 8.74. The number of halogens is 1. The molecule has 2 N–H and O–H groups in total. The van der Waals surface area contributed by atoms with Crippen molar-refractivity contribution in [1.29, 1.82) is 0 Å². The number of aryl methyl sites for hydroxylation is 1. The number of rotatable bonds is 2. The lowest BCUT2D eigenvalue weighted by atomic mass is 10.1. The van der Waals surface area contributed by atoms with Crippen molar-refractivity contribution in [3.05, 3.63) is 35.1 Å². The number of amides is 1. The summed E-state index contributed by atoms with van der Waals surface area (Å²) in [6, 6.07) is 4.85. The highest BCUT2D eigenvalue weighted by molar-refractivity contribution is 5.82. The minimum absolute atomic E-state index is 0.0468. The van der Waals surface area contributed by atoms with E-state index < -0.39 is 0 Å². The molecule has 96 valence electrons. The van der Waals surface area contributed by atoms with Gasteiger partial charge >= 0.3 is 0 Å². The van der Waals surface area contributed by atoms with Crippen molar-refractivity contribution in [1.82, 2.24) is 10.6 Å². The molecule has 2 atom stereocenters. The average Bonchev–Trinajstić information content (AvgIpc) is 2.98. The summed E-state index contributed by atoms with van der Waals surface area (Å²) in [4.78, 5) is 12.0. The molecule has 0 aromatic heterocycles. The number of hydrogen-bond donors (Lipinski definition) is 2. The Morgan fingerprint density at radius 2 is 2.28 bits per heavy atom. The molecule has 1 saturated heterocycles. The first kappa shape index (κ1) is 11.7. The minimum atomic E-state index is -0.196. The number of benzene rings is 1. The monoisotopic (exact) mass is 248 g/mol. The first-order valence-corrected chi connectivity index (χ1v) is 6.56. The van der Waals surface area contributed by atoms with Gasteiger partial charge in [-0.25, -0.2) is 4.39 Å². The zero-order chi connectivity index (χ0) is 12.5. The van der Waals surface area contributed by atoms with Gasteiger partial charge in [0.1, 0.15) is 5.82 Å². The molecule has 4 heteroatoms. The van der Waals surface area contributed by atoms with Gasteiger partial charge in [0.15, 0.2) is 0 Å². The van der Waals surface area contributed by atoms with Crippen LogP contribution < -0.4 is 10.6 Å². The maximum absolute atomic E-state index is 13.1. The van der Waals surface area contributed by atoms with E-state index in [1.807, 2.05) is 0 Å². The van der Waals surface area contributed by atoms with Crippen LogP contribution in [0.25, 0.3) is 0 Å². The summed E-state index contributed by atoms with van der Waals surface area (Å²) in [6.07, 6.45) is 3.69. The van der Waals surface area contributed by atoms with Crippen LogP contribution in [0.4, 0.5) is 4.39 Å². The lowest BCUT2D eigenvalue weighted by molar-refractivity contribution is -0.123. The molecule has 3 nitrogen and oxygen atoms in total. The molecule has 0 bridgehead atoms. The Labute approximate surface area is 106 Å². The van der Waals surface area contributed by atoms with Gasteiger partial charge in [0.25, 0.3) is 0 Å². The second kappa shape index (κ2) is 4.69. The van der Waals surface area contributed by atoms with Crippen LogP contribution in [0.15, 0.2) is 18.2 Å². The predicted octanol–water partition coefficient (Wildman–Crippen LogP) is 1.68. The molecule has 1 aliphatic heterocycles. The SMILES string of the molecule is O=C(NC1CCc2cc(F)ccc21)C1CCCN1. The molecule has 1 aromatic rings. The van der Waals surface area contributed by atoms with E-state index >= 15 is 0 Å². The minimum Gasteiger partial charge on any atom is -0.348 e. The molecule has 1 aromatic carbocycles. The second-order valence-corrected chi connectivity index (χ2v) is 5.09. The Morgan fingerprint density at radius 3 is 3.06 bits per heavy atom. The highest BCUT2D eigenvalue weighted by Crippen LogP contribution is 2.31. The summed E-state index contributed by atoms with van der Waals surface area (Å²) in [5.41, 5.74) is 2.10. The van der Waals surface area contributed by atoms with Gasteiger partial charge < -0.3 is 10.6 Å². The van der Waals surface area contributed by atoms with E-state index in [1.54, 1.807) is 12.1 Å². The van der Waals surface area contributed by atoms with Crippen LogP contribution in [0.5, 0.6) is 0 Å². The Hall–Kier alpha value is -1.42. The van der Waals surface area contributed by atoms with Gasteiger partial charge in [-0.05, 0) is 55.5 Å². The third-order valence-corrected chi connectivity index (χ3v) is 3.88. The summed E-state index contributed by atoms with van der Waals surface area (Å²) in [5.74, 6) is -0.118. The summed E-state index contributed by atoms with van der Waals surface area (Å²) >= 11 is 0. The van der Waals surface area contributed by atoms with Crippen molar-refractivity contribution in [2.45, 2.75) is 37.8 Å². The van der Waals surface area contributed by atoms with E-state index in [9.17, 15) is 9.18 Å². The molecule has 3 rings (SSSR count). The highest BCUT2D eigenvalue weighted by atomic mass is 19.1. The van der Waals surface area contributed by atoms with Gasteiger partial charge in [-0.2, -0.15) is 0 Å². The summed E-state index contributed by atoms with van der Waals surface area (Å²) in [6.45, 7) is 0.921. The molecular formula is C14H17FN2O.